The molecule has 3 N–H and O–H groups in total. The molecule has 0 aliphatic heterocycles. The third kappa shape index (κ3) is 4.89. The molecule has 27 heavy (non-hydrogen) atoms. The minimum absolute atomic E-state index is 0.257. The average Bonchev–Trinajstić information content (AvgIpc) is 2.71. The second-order valence-corrected chi connectivity index (χ2v) is 5.98. The lowest BCUT2D eigenvalue weighted by molar-refractivity contribution is 0.474. The molecule has 134 valence electrons. The van der Waals surface area contributed by atoms with Crippen LogP contribution in [0.2, 0.25) is 0 Å². The lowest BCUT2D eigenvalue weighted by Gasteiger charge is -2.02. The van der Waals surface area contributed by atoms with E-state index in [-0.39, 0.29) is 11.5 Å². The number of phenolic OH excluding ortho intramolecular Hbond substituents is 3. The summed E-state index contributed by atoms with van der Waals surface area (Å²) in [4.78, 5) is 0. The first-order valence-electron chi connectivity index (χ1n) is 8.55. The van der Waals surface area contributed by atoms with E-state index >= 15 is 0 Å². The van der Waals surface area contributed by atoms with Crippen molar-refractivity contribution in [3.8, 4) is 39.5 Å². The Morgan fingerprint density at radius 3 is 1.30 bits per heavy atom. The van der Waals surface area contributed by atoms with E-state index in [4.69, 9.17) is 10.2 Å². The molecule has 0 fully saturated rings. The fraction of sp³-hybridized carbons (Fsp3) is 0. The van der Waals surface area contributed by atoms with Crippen molar-refractivity contribution < 1.29 is 15.3 Å². The number of phenols is 3. The molecule has 0 radical (unpaired) electrons. The quantitative estimate of drug-likeness (QED) is 0.424. The zero-order valence-corrected chi connectivity index (χ0v) is 14.7. The van der Waals surface area contributed by atoms with Gasteiger partial charge < -0.3 is 15.3 Å². The molecule has 0 saturated carbocycles. The fourth-order valence-electron chi connectivity index (χ4n) is 2.64. The van der Waals surface area contributed by atoms with Gasteiger partial charge in [0.1, 0.15) is 17.2 Å². The topological polar surface area (TPSA) is 60.7 Å². The maximum absolute atomic E-state index is 9.56. The van der Waals surface area contributed by atoms with Crippen molar-refractivity contribution >= 4 is 0 Å². The maximum Gasteiger partial charge on any atom is 0.123 e. The van der Waals surface area contributed by atoms with Crippen LogP contribution >= 0.6 is 0 Å². The van der Waals surface area contributed by atoms with E-state index in [0.29, 0.717) is 5.75 Å². The fourth-order valence-corrected chi connectivity index (χ4v) is 2.64. The summed E-state index contributed by atoms with van der Waals surface area (Å²) in [6, 6.07) is 31.1. The van der Waals surface area contributed by atoms with Crippen molar-refractivity contribution in [2.45, 2.75) is 0 Å². The van der Waals surface area contributed by atoms with Crippen LogP contribution in [0, 0.1) is 0 Å². The predicted molar refractivity (Wildman–Crippen MR) is 109 cm³/mol. The summed E-state index contributed by atoms with van der Waals surface area (Å²) in [6.07, 6.45) is 0. The van der Waals surface area contributed by atoms with Crippen LogP contribution in [0.5, 0.6) is 17.2 Å². The number of para-hydroxylation sites is 1. The highest BCUT2D eigenvalue weighted by molar-refractivity contribution is 5.69. The van der Waals surface area contributed by atoms with Gasteiger partial charge in [-0.3, -0.25) is 0 Å². The van der Waals surface area contributed by atoms with Gasteiger partial charge in [-0.25, -0.2) is 0 Å². The Morgan fingerprint density at radius 1 is 0.370 bits per heavy atom. The minimum atomic E-state index is 0.257. The van der Waals surface area contributed by atoms with Gasteiger partial charge in [0.15, 0.2) is 0 Å². The molecule has 0 saturated heterocycles. The Bertz CT molecular complexity index is 933. The molecule has 0 heterocycles. The number of benzene rings is 4. The van der Waals surface area contributed by atoms with Gasteiger partial charge in [-0.15, -0.1) is 0 Å². The maximum atomic E-state index is 9.56. The number of hydrogen-bond donors (Lipinski definition) is 3. The molecular weight excluding hydrogens is 336 g/mol. The van der Waals surface area contributed by atoms with E-state index in [2.05, 4.69) is 0 Å². The first-order valence-corrected chi connectivity index (χ1v) is 8.55. The van der Waals surface area contributed by atoms with Gasteiger partial charge in [0.25, 0.3) is 0 Å². The smallest absolute Gasteiger partial charge is 0.123 e. The van der Waals surface area contributed by atoms with Crippen molar-refractivity contribution in [3.63, 3.8) is 0 Å². The molecule has 4 aromatic carbocycles. The molecule has 0 amide bonds. The standard InChI is InChI=1S/C12H10O2.C12H10O/c13-11-5-1-9(2-6-11)10-3-7-12(14)8-4-10;13-12-9-5-4-8-11(12)10-6-2-1-3-7-10/h1-8,13-14H;1-9,13H. The Balaban J connectivity index is 0.000000156. The SMILES string of the molecule is Oc1ccc(-c2ccc(O)cc2)cc1.Oc1ccccc1-c1ccccc1. The highest BCUT2D eigenvalue weighted by Gasteiger charge is 2.00. The van der Waals surface area contributed by atoms with Crippen LogP contribution in [-0.4, -0.2) is 15.3 Å². The molecule has 0 aliphatic carbocycles. The number of hydrogen-bond acceptors (Lipinski definition) is 3. The second-order valence-electron chi connectivity index (χ2n) is 5.98. The molecule has 0 unspecified atom stereocenters. The highest BCUT2D eigenvalue weighted by atomic mass is 16.3. The van der Waals surface area contributed by atoms with Gasteiger partial charge in [0, 0.05) is 5.56 Å². The predicted octanol–water partition coefficient (Wildman–Crippen LogP) is 5.82. The Kier molecular flexibility index (Phi) is 5.75. The normalized spacial score (nSPS) is 9.93. The van der Waals surface area contributed by atoms with Gasteiger partial charge >= 0.3 is 0 Å². The number of aromatic hydroxyl groups is 3. The first-order chi connectivity index (χ1) is 13.1. The summed E-state index contributed by atoms with van der Waals surface area (Å²) in [5.41, 5.74) is 3.95. The molecule has 0 aromatic heterocycles. The third-order valence-electron chi connectivity index (χ3n) is 4.06. The highest BCUT2D eigenvalue weighted by Crippen LogP contribution is 2.27. The van der Waals surface area contributed by atoms with Gasteiger partial charge in [0.2, 0.25) is 0 Å². The van der Waals surface area contributed by atoms with E-state index in [0.717, 1.165) is 22.3 Å². The van der Waals surface area contributed by atoms with Crippen molar-refractivity contribution in [2.24, 2.45) is 0 Å². The minimum Gasteiger partial charge on any atom is -0.508 e. The Labute approximate surface area is 158 Å². The Hall–Kier alpha value is -3.72. The lowest BCUT2D eigenvalue weighted by Crippen LogP contribution is -1.76. The van der Waals surface area contributed by atoms with E-state index in [1.807, 2.05) is 72.8 Å². The lowest BCUT2D eigenvalue weighted by atomic mass is 10.1. The van der Waals surface area contributed by atoms with Crippen LogP contribution in [0.3, 0.4) is 0 Å². The molecule has 4 aromatic rings. The third-order valence-corrected chi connectivity index (χ3v) is 4.06. The summed E-state index contributed by atoms with van der Waals surface area (Å²) >= 11 is 0. The summed E-state index contributed by atoms with van der Waals surface area (Å²) in [7, 11) is 0. The zero-order valence-electron chi connectivity index (χ0n) is 14.7. The van der Waals surface area contributed by atoms with Gasteiger partial charge in [-0.1, -0.05) is 72.8 Å². The van der Waals surface area contributed by atoms with Crippen molar-refractivity contribution in [3.05, 3.63) is 103 Å². The van der Waals surface area contributed by atoms with E-state index in [1.54, 1.807) is 30.3 Å². The van der Waals surface area contributed by atoms with Gasteiger partial charge in [0.05, 0.1) is 0 Å². The molecule has 0 atom stereocenters. The molecule has 3 heteroatoms. The molecule has 3 nitrogen and oxygen atoms in total. The van der Waals surface area contributed by atoms with E-state index in [1.165, 1.54) is 0 Å². The molecule has 0 aliphatic rings. The van der Waals surface area contributed by atoms with Crippen LogP contribution < -0.4 is 0 Å². The van der Waals surface area contributed by atoms with Crippen LogP contribution in [0.4, 0.5) is 0 Å². The van der Waals surface area contributed by atoms with Crippen LogP contribution in [0.15, 0.2) is 103 Å². The Morgan fingerprint density at radius 2 is 0.815 bits per heavy atom. The largest absolute Gasteiger partial charge is 0.508 e. The van der Waals surface area contributed by atoms with Gasteiger partial charge in [-0.05, 0) is 47.0 Å². The van der Waals surface area contributed by atoms with E-state index in [9.17, 15) is 5.11 Å². The monoisotopic (exact) mass is 356 g/mol. The van der Waals surface area contributed by atoms with Crippen molar-refractivity contribution in [2.75, 3.05) is 0 Å². The molecule has 0 bridgehead atoms. The summed E-state index contributed by atoms with van der Waals surface area (Å²) < 4.78 is 0. The first kappa shape index (κ1) is 18.1. The van der Waals surface area contributed by atoms with Crippen molar-refractivity contribution in [1.82, 2.24) is 0 Å². The molecular formula is C24H20O3. The van der Waals surface area contributed by atoms with Gasteiger partial charge in [-0.2, -0.15) is 0 Å². The van der Waals surface area contributed by atoms with Crippen LogP contribution in [0.25, 0.3) is 22.3 Å². The van der Waals surface area contributed by atoms with Crippen LogP contribution in [-0.2, 0) is 0 Å². The van der Waals surface area contributed by atoms with Crippen LogP contribution in [0.1, 0.15) is 0 Å². The molecule has 0 spiro atoms. The van der Waals surface area contributed by atoms with E-state index < -0.39 is 0 Å². The summed E-state index contributed by atoms with van der Waals surface area (Å²) in [5, 5.41) is 27.8. The molecule has 4 rings (SSSR count). The zero-order chi connectivity index (χ0) is 19.1. The van der Waals surface area contributed by atoms with Crippen molar-refractivity contribution in [1.29, 1.82) is 0 Å². The average molecular weight is 356 g/mol. The number of rotatable bonds is 2. The second kappa shape index (κ2) is 8.59. The summed E-state index contributed by atoms with van der Waals surface area (Å²) in [6.45, 7) is 0. The summed E-state index contributed by atoms with van der Waals surface area (Å²) in [5.74, 6) is 0.841.